The molecule has 1 aromatic carbocycles. The smallest absolute Gasteiger partial charge is 0.341 e. The fraction of sp³-hybridized carbons (Fsp3) is 0.278. The quantitative estimate of drug-likeness (QED) is 0.596. The molecule has 1 amide bonds. The summed E-state index contributed by atoms with van der Waals surface area (Å²) in [6.45, 7) is 3.19. The molecule has 6 nitrogen and oxygen atoms in total. The third kappa shape index (κ3) is 4.64. The number of aryl methyl sites for hydroxylation is 1. The lowest BCUT2D eigenvalue weighted by Crippen LogP contribution is -2.21. The summed E-state index contributed by atoms with van der Waals surface area (Å²) in [7, 11) is 1.28. The van der Waals surface area contributed by atoms with Gasteiger partial charge in [-0.15, -0.1) is 23.1 Å². The molecule has 138 valence electrons. The average Bonchev–Trinajstić information content (AvgIpc) is 2.92. The zero-order valence-corrected chi connectivity index (χ0v) is 16.5. The van der Waals surface area contributed by atoms with Crippen molar-refractivity contribution in [2.24, 2.45) is 0 Å². The van der Waals surface area contributed by atoms with E-state index in [2.05, 4.69) is 5.32 Å². The number of nitrogens with one attached hydrogen (secondary N) is 1. The van der Waals surface area contributed by atoms with Crippen molar-refractivity contribution in [3.05, 3.63) is 45.8 Å². The molecule has 0 radical (unpaired) electrons. The summed E-state index contributed by atoms with van der Waals surface area (Å²) in [5, 5.41) is 3.00. The lowest BCUT2D eigenvalue weighted by atomic mass is 10.1. The van der Waals surface area contributed by atoms with Crippen LogP contribution in [0.25, 0.3) is 0 Å². The second kappa shape index (κ2) is 8.86. The Morgan fingerprint density at radius 2 is 1.77 bits per heavy atom. The minimum absolute atomic E-state index is 0.322. The molecule has 0 atom stereocenters. The summed E-state index contributed by atoms with van der Waals surface area (Å²) in [5.74, 6) is -1.63. The third-order valence-corrected chi connectivity index (χ3v) is 5.55. The highest BCUT2D eigenvalue weighted by molar-refractivity contribution is 7.98. The number of carbonyl (C=O) groups excluding carboxylic acids is 3. The van der Waals surface area contributed by atoms with Crippen LogP contribution >= 0.6 is 23.1 Å². The average molecular weight is 393 g/mol. The number of thioether (sulfide) groups is 1. The largest absolute Gasteiger partial charge is 0.465 e. The van der Waals surface area contributed by atoms with Gasteiger partial charge in [-0.1, -0.05) is 0 Å². The minimum Gasteiger partial charge on any atom is -0.465 e. The molecule has 2 rings (SSSR count). The maximum Gasteiger partial charge on any atom is 0.341 e. The van der Waals surface area contributed by atoms with Gasteiger partial charge in [0.2, 0.25) is 0 Å². The van der Waals surface area contributed by atoms with Crippen molar-refractivity contribution in [3.63, 3.8) is 0 Å². The van der Waals surface area contributed by atoms with E-state index in [4.69, 9.17) is 9.47 Å². The van der Waals surface area contributed by atoms with Gasteiger partial charge in [-0.3, -0.25) is 4.79 Å². The maximum atomic E-state index is 12.1. The monoisotopic (exact) mass is 393 g/mol. The number of amides is 1. The van der Waals surface area contributed by atoms with E-state index in [1.807, 2.05) is 13.2 Å². The highest BCUT2D eigenvalue weighted by Gasteiger charge is 2.22. The predicted molar refractivity (Wildman–Crippen MR) is 102 cm³/mol. The van der Waals surface area contributed by atoms with E-state index < -0.39 is 24.5 Å². The third-order valence-electron chi connectivity index (χ3n) is 3.69. The fourth-order valence-electron chi connectivity index (χ4n) is 2.17. The van der Waals surface area contributed by atoms with Gasteiger partial charge in [0.25, 0.3) is 5.91 Å². The topological polar surface area (TPSA) is 81.7 Å². The highest BCUT2D eigenvalue weighted by atomic mass is 32.2. The first-order valence-electron chi connectivity index (χ1n) is 7.66. The molecule has 0 spiro atoms. The minimum atomic E-state index is -0.584. The van der Waals surface area contributed by atoms with E-state index in [0.717, 1.165) is 15.3 Å². The SMILES string of the molecule is COC(=O)c1c(NC(=O)COC(=O)c2ccc(SC)cc2)sc(C)c1C. The van der Waals surface area contributed by atoms with E-state index in [9.17, 15) is 14.4 Å². The number of ether oxygens (including phenoxy) is 2. The van der Waals surface area contributed by atoms with Crippen molar-refractivity contribution in [2.45, 2.75) is 18.7 Å². The first kappa shape index (κ1) is 20.0. The van der Waals surface area contributed by atoms with Gasteiger partial charge in [-0.25, -0.2) is 9.59 Å². The first-order chi connectivity index (χ1) is 12.4. The molecule has 0 aliphatic rings. The summed E-state index contributed by atoms with van der Waals surface area (Å²) in [6, 6.07) is 6.91. The number of thiophene rings is 1. The molecule has 0 aliphatic heterocycles. The Balaban J connectivity index is 1.99. The van der Waals surface area contributed by atoms with Crippen LogP contribution in [-0.2, 0) is 14.3 Å². The summed E-state index contributed by atoms with van der Waals surface area (Å²) >= 11 is 2.84. The molecule has 1 heterocycles. The Kier molecular flexibility index (Phi) is 6.82. The lowest BCUT2D eigenvalue weighted by Gasteiger charge is -2.07. The molecule has 0 fully saturated rings. The Morgan fingerprint density at radius 1 is 1.12 bits per heavy atom. The van der Waals surface area contributed by atoms with Crippen LogP contribution in [0.2, 0.25) is 0 Å². The number of anilines is 1. The first-order valence-corrected chi connectivity index (χ1v) is 9.70. The maximum absolute atomic E-state index is 12.1. The number of hydrogen-bond acceptors (Lipinski definition) is 7. The van der Waals surface area contributed by atoms with Gasteiger partial charge >= 0.3 is 11.9 Å². The van der Waals surface area contributed by atoms with Gasteiger partial charge in [-0.2, -0.15) is 0 Å². The van der Waals surface area contributed by atoms with Gasteiger partial charge in [0.15, 0.2) is 6.61 Å². The second-order valence-corrected chi connectivity index (χ2v) is 7.44. The molecular weight excluding hydrogens is 374 g/mol. The van der Waals surface area contributed by atoms with Crippen LogP contribution in [0, 0.1) is 13.8 Å². The van der Waals surface area contributed by atoms with Crippen LogP contribution < -0.4 is 5.32 Å². The van der Waals surface area contributed by atoms with Crippen LogP contribution in [0.1, 0.15) is 31.2 Å². The second-order valence-electron chi connectivity index (χ2n) is 5.33. The molecule has 0 saturated carbocycles. The normalized spacial score (nSPS) is 10.3. The van der Waals surface area contributed by atoms with Crippen molar-refractivity contribution < 1.29 is 23.9 Å². The van der Waals surface area contributed by atoms with Gasteiger partial charge in [0, 0.05) is 9.77 Å². The molecule has 0 unspecified atom stereocenters. The number of esters is 2. The van der Waals surface area contributed by atoms with Crippen LogP contribution in [-0.4, -0.2) is 37.8 Å². The van der Waals surface area contributed by atoms with Crippen LogP contribution in [0.5, 0.6) is 0 Å². The van der Waals surface area contributed by atoms with Crippen molar-refractivity contribution >= 4 is 45.9 Å². The molecule has 2 aromatic rings. The van der Waals surface area contributed by atoms with Gasteiger partial charge in [-0.05, 0) is 49.9 Å². The van der Waals surface area contributed by atoms with Crippen molar-refractivity contribution in [1.82, 2.24) is 0 Å². The number of hydrogen-bond donors (Lipinski definition) is 1. The highest BCUT2D eigenvalue weighted by Crippen LogP contribution is 2.32. The fourth-order valence-corrected chi connectivity index (χ4v) is 3.64. The Bertz CT molecular complexity index is 827. The van der Waals surface area contributed by atoms with E-state index in [1.165, 1.54) is 18.4 Å². The van der Waals surface area contributed by atoms with E-state index in [1.54, 1.807) is 43.0 Å². The zero-order chi connectivity index (χ0) is 19.3. The standard InChI is InChI=1S/C18H19NO5S2/c1-10-11(2)26-16(15(10)18(22)23-3)19-14(20)9-24-17(21)12-5-7-13(25-4)8-6-12/h5-8H,9H2,1-4H3,(H,19,20). The number of rotatable bonds is 6. The van der Waals surface area contributed by atoms with Crippen LogP contribution in [0.15, 0.2) is 29.2 Å². The van der Waals surface area contributed by atoms with Crippen LogP contribution in [0.3, 0.4) is 0 Å². The summed E-state index contributed by atoms with van der Waals surface area (Å²) in [4.78, 5) is 37.9. The van der Waals surface area contributed by atoms with Crippen molar-refractivity contribution in [2.75, 3.05) is 25.3 Å². The van der Waals surface area contributed by atoms with E-state index >= 15 is 0 Å². The summed E-state index contributed by atoms with van der Waals surface area (Å²) in [6.07, 6.45) is 1.94. The Hall–Kier alpha value is -2.32. The molecule has 0 saturated heterocycles. The van der Waals surface area contributed by atoms with E-state index in [0.29, 0.717) is 16.1 Å². The summed E-state index contributed by atoms with van der Waals surface area (Å²) in [5.41, 5.74) is 1.44. The zero-order valence-electron chi connectivity index (χ0n) is 14.9. The van der Waals surface area contributed by atoms with Gasteiger partial charge in [0.05, 0.1) is 18.2 Å². The molecule has 8 heteroatoms. The summed E-state index contributed by atoms with van der Waals surface area (Å²) < 4.78 is 9.79. The molecule has 1 N–H and O–H groups in total. The Morgan fingerprint density at radius 3 is 2.35 bits per heavy atom. The van der Waals surface area contributed by atoms with Crippen molar-refractivity contribution in [1.29, 1.82) is 0 Å². The number of carbonyl (C=O) groups is 3. The van der Waals surface area contributed by atoms with E-state index in [-0.39, 0.29) is 0 Å². The molecule has 1 aromatic heterocycles. The predicted octanol–water partition coefficient (Wildman–Crippen LogP) is 3.67. The van der Waals surface area contributed by atoms with Crippen molar-refractivity contribution in [3.8, 4) is 0 Å². The van der Waals surface area contributed by atoms with Gasteiger partial charge < -0.3 is 14.8 Å². The Labute approximate surface area is 159 Å². The molecular formula is C18H19NO5S2. The number of benzene rings is 1. The van der Waals surface area contributed by atoms with Gasteiger partial charge in [0.1, 0.15) is 5.00 Å². The molecule has 26 heavy (non-hydrogen) atoms. The molecule has 0 bridgehead atoms. The lowest BCUT2D eigenvalue weighted by molar-refractivity contribution is -0.119. The van der Waals surface area contributed by atoms with Crippen LogP contribution in [0.4, 0.5) is 5.00 Å². The number of methoxy groups -OCH3 is 1. The molecule has 0 aliphatic carbocycles.